The molecule has 4 rings (SSSR count). The van der Waals surface area contributed by atoms with Crippen molar-refractivity contribution in [1.82, 2.24) is 20.3 Å². The third-order valence-corrected chi connectivity index (χ3v) is 6.32. The van der Waals surface area contributed by atoms with E-state index in [0.717, 1.165) is 6.42 Å². The van der Waals surface area contributed by atoms with Crippen LogP contribution in [0.5, 0.6) is 11.5 Å². The summed E-state index contributed by atoms with van der Waals surface area (Å²) in [6.45, 7) is 4.29. The number of hydrogen-bond donors (Lipinski definition) is 1. The van der Waals surface area contributed by atoms with Crippen molar-refractivity contribution in [2.24, 2.45) is 5.92 Å². The first-order chi connectivity index (χ1) is 18.8. The molecular formula is C29H32FN5O4. The van der Waals surface area contributed by atoms with Crippen molar-refractivity contribution in [2.75, 3.05) is 25.7 Å². The minimum atomic E-state index is -1.18. The van der Waals surface area contributed by atoms with Gasteiger partial charge in [0.05, 0.1) is 19.7 Å². The van der Waals surface area contributed by atoms with Crippen molar-refractivity contribution >= 4 is 28.5 Å². The summed E-state index contributed by atoms with van der Waals surface area (Å²) in [5.74, 6) is -0.234. The largest absolute Gasteiger partial charge is 0.497 e. The first-order valence-corrected chi connectivity index (χ1v) is 12.7. The molecule has 0 fully saturated rings. The number of ether oxygens (including phenoxy) is 2. The smallest absolute Gasteiger partial charge is 0.249 e. The molecule has 2 amide bonds. The SMILES string of the molecule is COc1ccc([C@H](C(=O)NCCC(C)C)N(C(=O)Cn2nnc3ccccc32)c2cccc(F)c2)c(OC)c1. The van der Waals surface area contributed by atoms with Crippen LogP contribution in [-0.2, 0) is 16.1 Å². The summed E-state index contributed by atoms with van der Waals surface area (Å²) in [7, 11) is 3.00. The number of para-hydroxylation sites is 1. The molecule has 9 nitrogen and oxygen atoms in total. The van der Waals surface area contributed by atoms with E-state index < -0.39 is 23.7 Å². The molecule has 0 bridgehead atoms. The molecule has 1 atom stereocenters. The molecule has 1 N–H and O–H groups in total. The topological polar surface area (TPSA) is 98.6 Å². The number of amides is 2. The van der Waals surface area contributed by atoms with E-state index in [1.165, 1.54) is 42.0 Å². The third-order valence-electron chi connectivity index (χ3n) is 6.32. The van der Waals surface area contributed by atoms with E-state index in [1.807, 2.05) is 12.1 Å². The van der Waals surface area contributed by atoms with Crippen LogP contribution < -0.4 is 19.7 Å². The summed E-state index contributed by atoms with van der Waals surface area (Å²) in [4.78, 5) is 29.2. The van der Waals surface area contributed by atoms with Gasteiger partial charge in [0.2, 0.25) is 11.8 Å². The summed E-state index contributed by atoms with van der Waals surface area (Å²) < 4.78 is 26.9. The summed E-state index contributed by atoms with van der Waals surface area (Å²) in [6.07, 6.45) is 0.747. The van der Waals surface area contributed by atoms with Crippen LogP contribution in [-0.4, -0.2) is 47.6 Å². The molecule has 0 radical (unpaired) electrons. The van der Waals surface area contributed by atoms with Gasteiger partial charge in [0, 0.05) is 23.9 Å². The Labute approximate surface area is 226 Å². The van der Waals surface area contributed by atoms with Gasteiger partial charge in [-0.3, -0.25) is 14.5 Å². The molecule has 0 aliphatic rings. The second-order valence-corrected chi connectivity index (χ2v) is 9.46. The highest BCUT2D eigenvalue weighted by Crippen LogP contribution is 2.36. The predicted molar refractivity (Wildman–Crippen MR) is 146 cm³/mol. The van der Waals surface area contributed by atoms with E-state index in [2.05, 4.69) is 29.5 Å². The number of methoxy groups -OCH3 is 2. The van der Waals surface area contributed by atoms with Gasteiger partial charge in [0.1, 0.15) is 35.4 Å². The van der Waals surface area contributed by atoms with Crippen LogP contribution in [0.3, 0.4) is 0 Å². The van der Waals surface area contributed by atoms with Gasteiger partial charge >= 0.3 is 0 Å². The number of aromatic nitrogens is 3. The van der Waals surface area contributed by atoms with E-state index in [4.69, 9.17) is 9.47 Å². The summed E-state index contributed by atoms with van der Waals surface area (Å²) in [5, 5.41) is 11.2. The number of nitrogens with zero attached hydrogens (tertiary/aromatic N) is 4. The zero-order valence-electron chi connectivity index (χ0n) is 22.4. The Morgan fingerprint density at radius 1 is 1.03 bits per heavy atom. The molecule has 39 heavy (non-hydrogen) atoms. The molecule has 0 spiro atoms. The first-order valence-electron chi connectivity index (χ1n) is 12.7. The second-order valence-electron chi connectivity index (χ2n) is 9.46. The number of hydrogen-bond acceptors (Lipinski definition) is 6. The molecule has 0 aliphatic heterocycles. The monoisotopic (exact) mass is 533 g/mol. The Morgan fingerprint density at radius 2 is 1.82 bits per heavy atom. The fourth-order valence-corrected chi connectivity index (χ4v) is 4.32. The zero-order valence-corrected chi connectivity index (χ0v) is 22.4. The van der Waals surface area contributed by atoms with Gasteiger partial charge < -0.3 is 14.8 Å². The lowest BCUT2D eigenvalue weighted by Crippen LogP contribution is -2.45. The van der Waals surface area contributed by atoms with Crippen LogP contribution in [0.4, 0.5) is 10.1 Å². The van der Waals surface area contributed by atoms with Gasteiger partial charge in [-0.1, -0.05) is 37.3 Å². The second kappa shape index (κ2) is 12.4. The molecule has 3 aromatic carbocycles. The van der Waals surface area contributed by atoms with E-state index in [9.17, 15) is 14.0 Å². The molecule has 10 heteroatoms. The number of benzene rings is 3. The lowest BCUT2D eigenvalue weighted by Gasteiger charge is -2.32. The molecule has 0 saturated carbocycles. The van der Waals surface area contributed by atoms with Crippen molar-refractivity contribution in [3.05, 3.63) is 78.1 Å². The fraction of sp³-hybridized carbons (Fsp3) is 0.310. The number of halogens is 1. The molecule has 204 valence electrons. The number of fused-ring (bicyclic) bond motifs is 1. The Hall–Kier alpha value is -4.47. The van der Waals surface area contributed by atoms with Crippen LogP contribution in [0.25, 0.3) is 11.0 Å². The Kier molecular flexibility index (Phi) is 8.75. The Balaban J connectivity index is 1.83. The van der Waals surface area contributed by atoms with Gasteiger partial charge in [-0.2, -0.15) is 0 Å². The van der Waals surface area contributed by atoms with E-state index >= 15 is 0 Å². The normalized spacial score (nSPS) is 11.8. The van der Waals surface area contributed by atoms with E-state index in [-0.39, 0.29) is 12.2 Å². The van der Waals surface area contributed by atoms with Crippen LogP contribution in [0.15, 0.2) is 66.7 Å². The predicted octanol–water partition coefficient (Wildman–Crippen LogP) is 4.52. The maximum atomic E-state index is 14.5. The standard InChI is InChI=1S/C29H32FN5O4/c1-19(2)14-15-31-29(37)28(23-13-12-22(38-3)17-26(23)39-4)35(21-9-7-8-20(30)16-21)27(36)18-34-25-11-6-5-10-24(25)32-33-34/h5-13,16-17,19,28H,14-15,18H2,1-4H3,(H,31,37)/t28-/m1/s1. The number of carbonyl (C=O) groups is 2. The minimum absolute atomic E-state index is 0.214. The third kappa shape index (κ3) is 6.34. The Bertz CT molecular complexity index is 1450. The quantitative estimate of drug-likeness (QED) is 0.304. The van der Waals surface area contributed by atoms with Crippen LogP contribution >= 0.6 is 0 Å². The zero-order chi connectivity index (χ0) is 27.9. The molecule has 1 aromatic heterocycles. The highest BCUT2D eigenvalue weighted by molar-refractivity contribution is 6.02. The van der Waals surface area contributed by atoms with Crippen molar-refractivity contribution in [1.29, 1.82) is 0 Å². The molecule has 0 saturated heterocycles. The van der Waals surface area contributed by atoms with Gasteiger partial charge in [-0.05, 0) is 54.8 Å². The average molecular weight is 534 g/mol. The fourth-order valence-electron chi connectivity index (χ4n) is 4.32. The summed E-state index contributed by atoms with van der Waals surface area (Å²) in [5.41, 5.74) is 1.92. The van der Waals surface area contributed by atoms with Crippen LogP contribution in [0, 0.1) is 11.7 Å². The molecule has 0 unspecified atom stereocenters. The lowest BCUT2D eigenvalue weighted by atomic mass is 10.0. The van der Waals surface area contributed by atoms with Crippen molar-refractivity contribution in [3.8, 4) is 11.5 Å². The molecular weight excluding hydrogens is 501 g/mol. The Morgan fingerprint density at radius 3 is 2.54 bits per heavy atom. The number of anilines is 1. The highest BCUT2D eigenvalue weighted by atomic mass is 19.1. The maximum absolute atomic E-state index is 14.5. The van der Waals surface area contributed by atoms with E-state index in [0.29, 0.717) is 40.6 Å². The van der Waals surface area contributed by atoms with E-state index in [1.54, 1.807) is 36.4 Å². The average Bonchev–Trinajstić information content (AvgIpc) is 3.33. The van der Waals surface area contributed by atoms with Crippen molar-refractivity contribution in [2.45, 2.75) is 32.9 Å². The summed E-state index contributed by atoms with van der Waals surface area (Å²) >= 11 is 0. The molecule has 1 heterocycles. The molecule has 0 aliphatic carbocycles. The van der Waals surface area contributed by atoms with Gasteiger partial charge in [0.25, 0.3) is 0 Å². The van der Waals surface area contributed by atoms with Crippen molar-refractivity contribution in [3.63, 3.8) is 0 Å². The first kappa shape index (κ1) is 27.6. The summed E-state index contributed by atoms with van der Waals surface area (Å²) in [6, 6.07) is 16.7. The highest BCUT2D eigenvalue weighted by Gasteiger charge is 2.35. The molecule has 4 aromatic rings. The van der Waals surface area contributed by atoms with Crippen LogP contribution in [0.1, 0.15) is 31.9 Å². The number of carbonyl (C=O) groups excluding carboxylic acids is 2. The lowest BCUT2D eigenvalue weighted by molar-refractivity contribution is -0.127. The minimum Gasteiger partial charge on any atom is -0.497 e. The van der Waals surface area contributed by atoms with Crippen molar-refractivity contribution < 1.29 is 23.5 Å². The number of nitrogens with one attached hydrogen (secondary N) is 1. The van der Waals surface area contributed by atoms with Gasteiger partial charge in [0.15, 0.2) is 0 Å². The van der Waals surface area contributed by atoms with Gasteiger partial charge in [-0.25, -0.2) is 9.07 Å². The van der Waals surface area contributed by atoms with Crippen LogP contribution in [0.2, 0.25) is 0 Å². The number of rotatable bonds is 11. The maximum Gasteiger partial charge on any atom is 0.249 e. The van der Waals surface area contributed by atoms with Gasteiger partial charge in [-0.15, -0.1) is 5.10 Å².